The number of aryl methyl sites for hydroxylation is 1. The fraction of sp³-hybridized carbons (Fsp3) is 0.348. The first kappa shape index (κ1) is 19.8. The zero-order chi connectivity index (χ0) is 22.1. The molecule has 5 atom stereocenters. The number of aliphatic hydroxyl groups excluding tert-OH is 1. The molecule has 8 heteroatoms. The highest BCUT2D eigenvalue weighted by Gasteiger charge is 2.71. The zero-order valence-electron chi connectivity index (χ0n) is 17.1. The first-order chi connectivity index (χ1) is 14.8. The van der Waals surface area contributed by atoms with Crippen molar-refractivity contribution in [3.8, 4) is 0 Å². The molecule has 2 saturated heterocycles. The molecule has 0 aliphatic carbocycles. The number of amides is 3. The fourth-order valence-corrected chi connectivity index (χ4v) is 5.31. The SMILES string of the molecule is Cc1cccc2c1NC(=O)C21NC(C(C)O)[C@H]2C(=O)N(Cc3ccc(F)cc3)C(=O)[C@H]21. The van der Waals surface area contributed by atoms with Crippen molar-refractivity contribution in [1.82, 2.24) is 10.2 Å². The summed E-state index contributed by atoms with van der Waals surface area (Å²) < 4.78 is 13.3. The molecule has 3 N–H and O–H groups in total. The lowest BCUT2D eigenvalue weighted by Gasteiger charge is -2.30. The van der Waals surface area contributed by atoms with E-state index in [-0.39, 0.29) is 6.54 Å². The molecule has 3 unspecified atom stereocenters. The van der Waals surface area contributed by atoms with Gasteiger partial charge in [0.25, 0.3) is 0 Å². The van der Waals surface area contributed by atoms with Crippen LogP contribution in [-0.2, 0) is 26.5 Å². The van der Waals surface area contributed by atoms with Crippen molar-refractivity contribution in [2.45, 2.75) is 38.1 Å². The highest BCUT2D eigenvalue weighted by molar-refractivity contribution is 6.15. The molecule has 160 valence electrons. The molecule has 0 radical (unpaired) electrons. The second-order valence-electron chi connectivity index (χ2n) is 8.56. The van der Waals surface area contributed by atoms with Crippen LogP contribution >= 0.6 is 0 Å². The Balaban J connectivity index is 1.61. The van der Waals surface area contributed by atoms with Gasteiger partial charge in [-0.25, -0.2) is 4.39 Å². The van der Waals surface area contributed by atoms with Crippen LogP contribution in [0.25, 0.3) is 0 Å². The number of halogens is 1. The molecule has 2 aromatic carbocycles. The molecule has 7 nitrogen and oxygen atoms in total. The van der Waals surface area contributed by atoms with Gasteiger partial charge < -0.3 is 10.4 Å². The molecule has 0 saturated carbocycles. The fourth-order valence-electron chi connectivity index (χ4n) is 5.31. The topological polar surface area (TPSA) is 98.7 Å². The Morgan fingerprint density at radius 3 is 2.52 bits per heavy atom. The van der Waals surface area contributed by atoms with Gasteiger partial charge in [-0.1, -0.05) is 30.3 Å². The van der Waals surface area contributed by atoms with E-state index in [1.54, 1.807) is 12.1 Å². The Hall–Kier alpha value is -3.10. The molecule has 0 bridgehead atoms. The molecule has 3 aliphatic heterocycles. The number of rotatable bonds is 3. The van der Waals surface area contributed by atoms with Crippen molar-refractivity contribution in [3.63, 3.8) is 0 Å². The van der Waals surface area contributed by atoms with Crippen molar-refractivity contribution >= 4 is 23.4 Å². The largest absolute Gasteiger partial charge is 0.392 e. The number of aliphatic hydroxyl groups is 1. The quantitative estimate of drug-likeness (QED) is 0.649. The standard InChI is InChI=1S/C23H22FN3O4/c1-11-4-3-5-15-18(11)25-22(31)23(15)17-16(19(26-23)12(2)28)20(29)27(21(17)30)10-13-6-8-14(24)9-7-13/h3-9,12,16-17,19,26,28H,10H2,1-2H3,(H,25,31)/t12?,16-,17-,19?,23?/m0/s1. The van der Waals surface area contributed by atoms with Crippen molar-refractivity contribution < 1.29 is 23.9 Å². The number of carbonyl (C=O) groups excluding carboxylic acids is 3. The molecule has 1 spiro atoms. The van der Waals surface area contributed by atoms with Crippen molar-refractivity contribution in [2.75, 3.05) is 5.32 Å². The third kappa shape index (κ3) is 2.61. The number of nitrogens with one attached hydrogen (secondary N) is 2. The first-order valence-electron chi connectivity index (χ1n) is 10.2. The maximum Gasteiger partial charge on any atom is 0.250 e. The number of anilines is 1. The maximum absolute atomic E-state index is 13.6. The second kappa shape index (κ2) is 6.70. The molecule has 2 aromatic rings. The van der Waals surface area contributed by atoms with Crippen LogP contribution in [0.1, 0.15) is 23.6 Å². The third-order valence-corrected chi connectivity index (χ3v) is 6.76. The molecular formula is C23H22FN3O4. The van der Waals surface area contributed by atoms with Gasteiger partial charge in [0.05, 0.1) is 24.5 Å². The number of para-hydroxylation sites is 1. The van der Waals surface area contributed by atoms with Gasteiger partial charge in [-0.05, 0) is 37.1 Å². The number of likely N-dealkylation sites (tertiary alicyclic amines) is 1. The maximum atomic E-state index is 13.6. The summed E-state index contributed by atoms with van der Waals surface area (Å²) in [4.78, 5) is 41.3. The number of benzene rings is 2. The summed E-state index contributed by atoms with van der Waals surface area (Å²) in [5.74, 6) is -3.59. The van der Waals surface area contributed by atoms with Gasteiger partial charge in [-0.2, -0.15) is 0 Å². The van der Waals surface area contributed by atoms with E-state index >= 15 is 0 Å². The van der Waals surface area contributed by atoms with Crippen LogP contribution in [0, 0.1) is 24.6 Å². The summed E-state index contributed by atoms with van der Waals surface area (Å²) in [6.45, 7) is 3.38. The summed E-state index contributed by atoms with van der Waals surface area (Å²) in [5, 5.41) is 16.5. The summed E-state index contributed by atoms with van der Waals surface area (Å²) in [6, 6.07) is 10.3. The summed E-state index contributed by atoms with van der Waals surface area (Å²) in [6.07, 6.45) is -0.962. The van der Waals surface area contributed by atoms with Crippen LogP contribution in [0.2, 0.25) is 0 Å². The first-order valence-corrected chi connectivity index (χ1v) is 10.2. The number of fused-ring (bicyclic) bond motifs is 4. The van der Waals surface area contributed by atoms with Crippen LogP contribution in [0.4, 0.5) is 10.1 Å². The van der Waals surface area contributed by atoms with Crippen molar-refractivity contribution in [2.24, 2.45) is 11.8 Å². The van der Waals surface area contributed by atoms with Crippen LogP contribution in [0.3, 0.4) is 0 Å². The monoisotopic (exact) mass is 423 g/mol. The molecule has 31 heavy (non-hydrogen) atoms. The van der Waals surface area contributed by atoms with Crippen LogP contribution < -0.4 is 10.6 Å². The van der Waals surface area contributed by atoms with E-state index in [0.29, 0.717) is 16.8 Å². The van der Waals surface area contributed by atoms with Crippen molar-refractivity contribution in [1.29, 1.82) is 0 Å². The highest BCUT2D eigenvalue weighted by Crippen LogP contribution is 2.54. The Morgan fingerprint density at radius 1 is 1.13 bits per heavy atom. The molecule has 3 amide bonds. The van der Waals surface area contributed by atoms with Crippen LogP contribution in [-0.4, -0.2) is 39.9 Å². The van der Waals surface area contributed by atoms with Gasteiger partial charge in [-0.15, -0.1) is 0 Å². The van der Waals surface area contributed by atoms with E-state index < -0.39 is 53.1 Å². The Morgan fingerprint density at radius 2 is 1.84 bits per heavy atom. The van der Waals surface area contributed by atoms with E-state index in [0.717, 1.165) is 10.5 Å². The lowest BCUT2D eigenvalue weighted by atomic mass is 9.76. The van der Waals surface area contributed by atoms with Gasteiger partial charge >= 0.3 is 0 Å². The lowest BCUT2D eigenvalue weighted by molar-refractivity contribution is -0.143. The number of carbonyl (C=O) groups is 3. The molecular weight excluding hydrogens is 401 g/mol. The van der Waals surface area contributed by atoms with E-state index in [4.69, 9.17) is 0 Å². The Kier molecular flexibility index (Phi) is 4.29. The van der Waals surface area contributed by atoms with Gasteiger partial charge in [0, 0.05) is 17.3 Å². The minimum atomic E-state index is -1.43. The second-order valence-corrected chi connectivity index (χ2v) is 8.56. The van der Waals surface area contributed by atoms with Crippen LogP contribution in [0.15, 0.2) is 42.5 Å². The number of imide groups is 1. The summed E-state index contributed by atoms with van der Waals surface area (Å²) in [7, 11) is 0. The molecule has 3 aliphatic rings. The number of nitrogens with zero attached hydrogens (tertiary/aromatic N) is 1. The van der Waals surface area contributed by atoms with Crippen molar-refractivity contribution in [3.05, 3.63) is 65.0 Å². The predicted octanol–water partition coefficient (Wildman–Crippen LogP) is 1.44. The van der Waals surface area contributed by atoms with Crippen LogP contribution in [0.5, 0.6) is 0 Å². The Labute approximate surface area is 178 Å². The molecule has 2 fully saturated rings. The van der Waals surface area contributed by atoms with Gasteiger partial charge in [-0.3, -0.25) is 24.6 Å². The number of hydrogen-bond acceptors (Lipinski definition) is 5. The predicted molar refractivity (Wildman–Crippen MR) is 109 cm³/mol. The average Bonchev–Trinajstić information content (AvgIpc) is 3.32. The third-order valence-electron chi connectivity index (χ3n) is 6.76. The molecule has 5 rings (SSSR count). The van der Waals surface area contributed by atoms with E-state index in [9.17, 15) is 23.9 Å². The highest BCUT2D eigenvalue weighted by atomic mass is 19.1. The zero-order valence-corrected chi connectivity index (χ0v) is 17.1. The van der Waals surface area contributed by atoms with Gasteiger partial charge in [0.1, 0.15) is 11.4 Å². The van der Waals surface area contributed by atoms with E-state index in [1.807, 2.05) is 13.0 Å². The van der Waals surface area contributed by atoms with Gasteiger partial charge in [0.2, 0.25) is 17.7 Å². The average molecular weight is 423 g/mol. The number of hydrogen-bond donors (Lipinski definition) is 3. The van der Waals surface area contributed by atoms with Gasteiger partial charge in [0.15, 0.2) is 0 Å². The minimum Gasteiger partial charge on any atom is -0.392 e. The Bertz CT molecular complexity index is 1120. The van der Waals surface area contributed by atoms with E-state index in [1.165, 1.54) is 31.2 Å². The summed E-state index contributed by atoms with van der Waals surface area (Å²) in [5.41, 5.74) is 1.26. The molecule has 3 heterocycles. The summed E-state index contributed by atoms with van der Waals surface area (Å²) >= 11 is 0. The van der Waals surface area contributed by atoms with E-state index in [2.05, 4.69) is 10.6 Å². The molecule has 0 aromatic heterocycles. The smallest absolute Gasteiger partial charge is 0.250 e. The normalized spacial score (nSPS) is 30.0. The minimum absolute atomic E-state index is 0.0180. The lowest BCUT2D eigenvalue weighted by Crippen LogP contribution is -2.54.